The highest BCUT2D eigenvalue weighted by Crippen LogP contribution is 2.26. The molecule has 0 bridgehead atoms. The second kappa shape index (κ2) is 9.91. The summed E-state index contributed by atoms with van der Waals surface area (Å²) in [5.41, 5.74) is 3.72. The first-order valence-electron chi connectivity index (χ1n) is 11.9. The fourth-order valence-corrected chi connectivity index (χ4v) is 4.38. The molecule has 0 spiro atoms. The van der Waals surface area contributed by atoms with Gasteiger partial charge in [0.05, 0.1) is 24.3 Å². The van der Waals surface area contributed by atoms with E-state index in [4.69, 9.17) is 9.72 Å². The zero-order valence-corrected chi connectivity index (χ0v) is 20.4. The maximum atomic E-state index is 13.7. The van der Waals surface area contributed by atoms with Gasteiger partial charge in [-0.25, -0.2) is 9.67 Å². The van der Waals surface area contributed by atoms with Crippen LogP contribution in [0.4, 0.5) is 0 Å². The molecular weight excluding hydrogens is 414 g/mol. The molecule has 0 radical (unpaired) electrons. The first kappa shape index (κ1) is 23.2. The van der Waals surface area contributed by atoms with Crippen LogP contribution in [0.25, 0.3) is 11.0 Å². The maximum Gasteiger partial charge on any atom is 0.254 e. The zero-order valence-electron chi connectivity index (χ0n) is 20.4. The molecule has 7 heteroatoms. The van der Waals surface area contributed by atoms with E-state index in [-0.39, 0.29) is 17.9 Å². The van der Waals surface area contributed by atoms with Gasteiger partial charge < -0.3 is 9.64 Å². The summed E-state index contributed by atoms with van der Waals surface area (Å²) in [6.45, 7) is 12.6. The van der Waals surface area contributed by atoms with E-state index in [1.807, 2.05) is 27.8 Å². The molecule has 4 rings (SSSR count). The van der Waals surface area contributed by atoms with E-state index >= 15 is 0 Å². The Morgan fingerprint density at radius 3 is 2.48 bits per heavy atom. The number of benzene rings is 1. The van der Waals surface area contributed by atoms with Crippen molar-refractivity contribution in [3.8, 4) is 5.75 Å². The number of amides is 1. The zero-order chi connectivity index (χ0) is 23.5. The summed E-state index contributed by atoms with van der Waals surface area (Å²) < 4.78 is 7.18. The van der Waals surface area contributed by atoms with Crippen LogP contribution in [0.15, 0.2) is 36.5 Å². The second-order valence-corrected chi connectivity index (χ2v) is 9.44. The molecule has 3 aromatic rings. The third-order valence-electron chi connectivity index (χ3n) is 6.34. The van der Waals surface area contributed by atoms with E-state index in [0.29, 0.717) is 6.54 Å². The lowest BCUT2D eigenvalue weighted by Crippen LogP contribution is -2.35. The highest BCUT2D eigenvalue weighted by molar-refractivity contribution is 6.05. The molecule has 0 unspecified atom stereocenters. The Morgan fingerprint density at radius 2 is 1.82 bits per heavy atom. The minimum absolute atomic E-state index is 0.0823. The van der Waals surface area contributed by atoms with E-state index in [9.17, 15) is 4.79 Å². The summed E-state index contributed by atoms with van der Waals surface area (Å²) in [5.74, 6) is 1.19. The van der Waals surface area contributed by atoms with Crippen molar-refractivity contribution in [3.63, 3.8) is 0 Å². The predicted octanol–water partition coefficient (Wildman–Crippen LogP) is 4.49. The molecule has 3 heterocycles. The summed E-state index contributed by atoms with van der Waals surface area (Å²) in [6.07, 6.45) is 2.76. The lowest BCUT2D eigenvalue weighted by molar-refractivity contribution is 0.0763. The number of nitrogens with zero attached hydrogens (tertiary/aromatic N) is 5. The van der Waals surface area contributed by atoms with Crippen molar-refractivity contribution in [2.75, 3.05) is 33.3 Å². The van der Waals surface area contributed by atoms with E-state index < -0.39 is 0 Å². The molecular formula is C26H35N5O2. The summed E-state index contributed by atoms with van der Waals surface area (Å²) >= 11 is 0. The third-order valence-corrected chi connectivity index (χ3v) is 6.34. The fraction of sp³-hybridized carbons (Fsp3) is 0.500. The standard InChI is InChI=1S/C26H35N5O2/c1-18(2)24-15-22(23-16-27-31(19(3)4)25(23)28-24)26(32)30-12-6-11-29(13-14-30)17-20-7-9-21(33-5)10-8-20/h7-10,15-16,18-19H,6,11-14,17H2,1-5H3. The van der Waals surface area contributed by atoms with Crippen LogP contribution in [0.3, 0.4) is 0 Å². The van der Waals surface area contributed by atoms with Gasteiger partial charge in [-0.15, -0.1) is 0 Å². The van der Waals surface area contributed by atoms with Crippen molar-refractivity contribution >= 4 is 16.9 Å². The topological polar surface area (TPSA) is 63.5 Å². The first-order valence-corrected chi connectivity index (χ1v) is 11.9. The molecule has 2 aromatic heterocycles. The fourth-order valence-electron chi connectivity index (χ4n) is 4.38. The van der Waals surface area contributed by atoms with Crippen molar-refractivity contribution in [1.82, 2.24) is 24.6 Å². The Morgan fingerprint density at radius 1 is 1.06 bits per heavy atom. The lowest BCUT2D eigenvalue weighted by atomic mass is 10.0. The Hall–Kier alpha value is -2.93. The molecule has 1 aromatic carbocycles. The lowest BCUT2D eigenvalue weighted by Gasteiger charge is -2.23. The van der Waals surface area contributed by atoms with Gasteiger partial charge in [0.1, 0.15) is 5.75 Å². The summed E-state index contributed by atoms with van der Waals surface area (Å²) in [4.78, 5) is 23.0. The SMILES string of the molecule is COc1ccc(CN2CCCN(C(=O)c3cc(C(C)C)nc4c3cnn4C(C)C)CC2)cc1. The first-order chi connectivity index (χ1) is 15.9. The Bertz CT molecular complexity index is 1100. The highest BCUT2D eigenvalue weighted by Gasteiger charge is 2.25. The van der Waals surface area contributed by atoms with Gasteiger partial charge >= 0.3 is 0 Å². The van der Waals surface area contributed by atoms with Gasteiger partial charge in [0.15, 0.2) is 5.65 Å². The maximum absolute atomic E-state index is 13.7. The number of methoxy groups -OCH3 is 1. The van der Waals surface area contributed by atoms with Crippen molar-refractivity contribution < 1.29 is 9.53 Å². The minimum atomic E-state index is 0.0823. The summed E-state index contributed by atoms with van der Waals surface area (Å²) in [6, 6.07) is 10.4. The monoisotopic (exact) mass is 449 g/mol. The molecule has 1 aliphatic heterocycles. The molecule has 1 fully saturated rings. The summed E-state index contributed by atoms with van der Waals surface area (Å²) in [5, 5.41) is 5.38. The van der Waals surface area contributed by atoms with Gasteiger partial charge in [0, 0.05) is 44.5 Å². The normalized spacial score (nSPS) is 15.4. The number of ether oxygens (including phenoxy) is 1. The van der Waals surface area contributed by atoms with Gasteiger partial charge in [-0.2, -0.15) is 5.10 Å². The average Bonchev–Trinajstić information content (AvgIpc) is 3.11. The number of rotatable bonds is 6. The number of carbonyl (C=O) groups is 1. The van der Waals surface area contributed by atoms with Gasteiger partial charge in [-0.05, 0) is 49.9 Å². The van der Waals surface area contributed by atoms with Crippen molar-refractivity contribution in [3.05, 3.63) is 53.3 Å². The molecule has 1 amide bonds. The van der Waals surface area contributed by atoms with Crippen LogP contribution in [-0.4, -0.2) is 63.8 Å². The van der Waals surface area contributed by atoms with Crippen molar-refractivity contribution in [1.29, 1.82) is 0 Å². The Kier molecular flexibility index (Phi) is 6.98. The number of hydrogen-bond donors (Lipinski definition) is 0. The quantitative estimate of drug-likeness (QED) is 0.555. The molecule has 33 heavy (non-hydrogen) atoms. The van der Waals surface area contributed by atoms with Crippen molar-refractivity contribution in [2.24, 2.45) is 0 Å². The summed E-state index contributed by atoms with van der Waals surface area (Å²) in [7, 11) is 1.68. The van der Waals surface area contributed by atoms with E-state index in [2.05, 4.69) is 49.8 Å². The van der Waals surface area contributed by atoms with Crippen LogP contribution in [0.5, 0.6) is 5.75 Å². The molecule has 7 nitrogen and oxygen atoms in total. The number of carbonyl (C=O) groups excluding carboxylic acids is 1. The smallest absolute Gasteiger partial charge is 0.254 e. The van der Waals surface area contributed by atoms with Crippen LogP contribution >= 0.6 is 0 Å². The number of hydrogen-bond acceptors (Lipinski definition) is 5. The van der Waals surface area contributed by atoms with Gasteiger partial charge in [0.2, 0.25) is 0 Å². The van der Waals surface area contributed by atoms with Crippen molar-refractivity contribution in [2.45, 2.75) is 52.6 Å². The van der Waals surface area contributed by atoms with Crippen LogP contribution in [-0.2, 0) is 6.54 Å². The number of aromatic nitrogens is 3. The molecule has 1 saturated heterocycles. The van der Waals surface area contributed by atoms with Crippen LogP contribution < -0.4 is 4.74 Å². The average molecular weight is 450 g/mol. The second-order valence-electron chi connectivity index (χ2n) is 9.44. The van der Waals surface area contributed by atoms with Crippen LogP contribution in [0.2, 0.25) is 0 Å². The molecule has 0 N–H and O–H groups in total. The molecule has 0 atom stereocenters. The van der Waals surface area contributed by atoms with Gasteiger partial charge in [-0.3, -0.25) is 9.69 Å². The molecule has 176 valence electrons. The Labute approximate surface area is 196 Å². The van der Waals surface area contributed by atoms with E-state index in [0.717, 1.165) is 60.6 Å². The highest BCUT2D eigenvalue weighted by atomic mass is 16.5. The third kappa shape index (κ3) is 5.03. The van der Waals surface area contributed by atoms with Crippen LogP contribution in [0.1, 0.15) is 67.7 Å². The van der Waals surface area contributed by atoms with Gasteiger partial charge in [-0.1, -0.05) is 26.0 Å². The predicted molar refractivity (Wildman–Crippen MR) is 131 cm³/mol. The Balaban J connectivity index is 1.53. The molecule has 1 aliphatic rings. The number of fused-ring (bicyclic) bond motifs is 1. The number of pyridine rings is 1. The van der Waals surface area contributed by atoms with E-state index in [1.54, 1.807) is 13.3 Å². The largest absolute Gasteiger partial charge is 0.497 e. The van der Waals surface area contributed by atoms with Gasteiger partial charge in [0.25, 0.3) is 5.91 Å². The van der Waals surface area contributed by atoms with E-state index in [1.165, 1.54) is 5.56 Å². The molecule has 0 saturated carbocycles. The minimum Gasteiger partial charge on any atom is -0.497 e. The van der Waals surface area contributed by atoms with Crippen LogP contribution in [0, 0.1) is 0 Å². The molecule has 0 aliphatic carbocycles.